The molecule has 24 heavy (non-hydrogen) atoms. The highest BCUT2D eigenvalue weighted by atomic mass is 32.1. The highest BCUT2D eigenvalue weighted by Crippen LogP contribution is 2.36. The summed E-state index contributed by atoms with van der Waals surface area (Å²) in [7, 11) is 0. The molecule has 0 aromatic carbocycles. The van der Waals surface area contributed by atoms with Crippen LogP contribution in [0.4, 0.5) is 4.79 Å². The molecule has 0 aliphatic carbocycles. The molecule has 0 bridgehead atoms. The zero-order valence-electron chi connectivity index (χ0n) is 14.2. The number of nitrogens with one attached hydrogen (secondary N) is 1. The molecule has 3 aliphatic heterocycles. The fraction of sp³-hybridized carbons (Fsp3) is 0.722. The maximum absolute atomic E-state index is 12.0. The number of carbonyl (C=O) groups excluding carboxylic acids is 1. The number of thiophene rings is 1. The maximum Gasteiger partial charge on any atom is 0.317 e. The first-order valence-corrected chi connectivity index (χ1v) is 10.1. The number of ether oxygens (including phenoxy) is 1. The Morgan fingerprint density at radius 1 is 1.38 bits per heavy atom. The largest absolute Gasteiger partial charge is 0.372 e. The molecule has 3 aliphatic rings. The molecule has 4 heterocycles. The second-order valence-corrected chi connectivity index (χ2v) is 8.34. The van der Waals surface area contributed by atoms with Crippen molar-refractivity contribution >= 4 is 17.4 Å². The van der Waals surface area contributed by atoms with Crippen molar-refractivity contribution in [3.05, 3.63) is 22.4 Å². The summed E-state index contributed by atoms with van der Waals surface area (Å²) in [6, 6.07) is 2.31. The van der Waals surface area contributed by atoms with Crippen LogP contribution in [0.3, 0.4) is 0 Å². The molecule has 0 radical (unpaired) electrons. The van der Waals surface area contributed by atoms with Gasteiger partial charge in [-0.25, -0.2) is 4.79 Å². The number of nitrogens with zero attached hydrogens (tertiary/aromatic N) is 2. The molecule has 1 aromatic rings. The van der Waals surface area contributed by atoms with Crippen LogP contribution in [0.1, 0.15) is 31.2 Å². The van der Waals surface area contributed by atoms with E-state index in [9.17, 15) is 4.79 Å². The summed E-state index contributed by atoms with van der Waals surface area (Å²) in [5.41, 5.74) is 1.50. The Hall–Kier alpha value is -1.11. The molecule has 5 nitrogen and oxygen atoms in total. The highest BCUT2D eigenvalue weighted by molar-refractivity contribution is 7.07. The summed E-state index contributed by atoms with van der Waals surface area (Å²) >= 11 is 1.76. The maximum atomic E-state index is 12.0. The van der Waals surface area contributed by atoms with E-state index in [0.29, 0.717) is 5.92 Å². The number of likely N-dealkylation sites (tertiary alicyclic amines) is 2. The lowest BCUT2D eigenvalue weighted by molar-refractivity contribution is -0.181. The molecular formula is C18H27N3O2S. The third-order valence-electron chi connectivity index (χ3n) is 5.58. The van der Waals surface area contributed by atoms with Gasteiger partial charge in [-0.3, -0.25) is 4.90 Å². The minimum Gasteiger partial charge on any atom is -0.372 e. The third-order valence-corrected chi connectivity index (χ3v) is 6.31. The first-order chi connectivity index (χ1) is 11.7. The van der Waals surface area contributed by atoms with Gasteiger partial charge in [-0.2, -0.15) is 11.3 Å². The van der Waals surface area contributed by atoms with Crippen LogP contribution in [-0.2, 0) is 11.3 Å². The van der Waals surface area contributed by atoms with Crippen molar-refractivity contribution < 1.29 is 9.53 Å². The fourth-order valence-corrected chi connectivity index (χ4v) is 4.77. The van der Waals surface area contributed by atoms with Crippen molar-refractivity contribution in [3.8, 4) is 0 Å². The molecule has 3 saturated heterocycles. The minimum atomic E-state index is 0.0888. The lowest BCUT2D eigenvalue weighted by Gasteiger charge is -2.53. The Kier molecular flexibility index (Phi) is 4.79. The van der Waals surface area contributed by atoms with Gasteiger partial charge in [0, 0.05) is 39.3 Å². The lowest BCUT2D eigenvalue weighted by atomic mass is 9.83. The van der Waals surface area contributed by atoms with E-state index in [4.69, 9.17) is 4.74 Å². The molecule has 1 N–H and O–H groups in total. The molecule has 0 unspecified atom stereocenters. The van der Waals surface area contributed by atoms with Gasteiger partial charge in [0.05, 0.1) is 12.2 Å². The Morgan fingerprint density at radius 2 is 2.21 bits per heavy atom. The standard InChI is InChI=1S/C18H27N3O2S/c22-17(21-6-1-2-7-21)19-9-15-3-5-18(23-11-15)13-20(14-18)10-16-4-8-24-12-16/h4,8,12,15H,1-3,5-7,9-11,13-14H2,(H,19,22)/t15-/m1/s1. The molecule has 0 saturated carbocycles. The van der Waals surface area contributed by atoms with E-state index in [2.05, 4.69) is 27.0 Å². The number of carbonyl (C=O) groups is 1. The van der Waals surface area contributed by atoms with Crippen LogP contribution in [0.2, 0.25) is 0 Å². The van der Waals surface area contributed by atoms with Gasteiger partial charge in [0.2, 0.25) is 0 Å². The molecule has 132 valence electrons. The van der Waals surface area contributed by atoms with Gasteiger partial charge in [0.25, 0.3) is 0 Å². The fourth-order valence-electron chi connectivity index (χ4n) is 4.11. The quantitative estimate of drug-likeness (QED) is 0.908. The number of hydrogen-bond donors (Lipinski definition) is 1. The second-order valence-electron chi connectivity index (χ2n) is 7.56. The first kappa shape index (κ1) is 16.4. The van der Waals surface area contributed by atoms with Gasteiger partial charge in [-0.05, 0) is 54.0 Å². The Balaban J connectivity index is 1.16. The monoisotopic (exact) mass is 349 g/mol. The average molecular weight is 350 g/mol. The van der Waals surface area contributed by atoms with E-state index < -0.39 is 0 Å². The Morgan fingerprint density at radius 3 is 2.88 bits per heavy atom. The predicted octanol–water partition coefficient (Wildman–Crippen LogP) is 2.53. The zero-order chi connectivity index (χ0) is 16.4. The number of hydrogen-bond acceptors (Lipinski definition) is 4. The number of amides is 2. The van der Waals surface area contributed by atoms with Crippen molar-refractivity contribution in [2.75, 3.05) is 39.3 Å². The van der Waals surface area contributed by atoms with E-state index in [1.807, 2.05) is 4.90 Å². The summed E-state index contributed by atoms with van der Waals surface area (Å²) in [5, 5.41) is 7.46. The van der Waals surface area contributed by atoms with Crippen molar-refractivity contribution in [3.63, 3.8) is 0 Å². The SMILES string of the molecule is O=C(NC[C@H]1CCC2(CN(Cc3ccsc3)C2)OC1)N1CCCC1. The van der Waals surface area contributed by atoms with Gasteiger partial charge in [0.15, 0.2) is 0 Å². The van der Waals surface area contributed by atoms with Crippen molar-refractivity contribution in [2.45, 2.75) is 37.8 Å². The van der Waals surface area contributed by atoms with Gasteiger partial charge in [-0.1, -0.05) is 0 Å². The van der Waals surface area contributed by atoms with Gasteiger partial charge >= 0.3 is 6.03 Å². The summed E-state index contributed by atoms with van der Waals surface area (Å²) in [6.45, 7) is 6.51. The van der Waals surface area contributed by atoms with E-state index >= 15 is 0 Å². The summed E-state index contributed by atoms with van der Waals surface area (Å²) in [5.74, 6) is 0.466. The third kappa shape index (κ3) is 3.60. The highest BCUT2D eigenvalue weighted by Gasteiger charge is 2.46. The lowest BCUT2D eigenvalue weighted by Crippen LogP contribution is -2.64. The zero-order valence-corrected chi connectivity index (χ0v) is 15.0. The molecule has 1 aromatic heterocycles. The number of rotatable bonds is 4. The van der Waals surface area contributed by atoms with E-state index in [-0.39, 0.29) is 11.6 Å². The van der Waals surface area contributed by atoms with Gasteiger partial charge in [0.1, 0.15) is 0 Å². The van der Waals surface area contributed by atoms with Crippen molar-refractivity contribution in [1.82, 2.24) is 15.1 Å². The van der Waals surface area contributed by atoms with Crippen molar-refractivity contribution in [2.24, 2.45) is 5.92 Å². The molecule has 4 rings (SSSR count). The first-order valence-electron chi connectivity index (χ1n) is 9.13. The average Bonchev–Trinajstić information content (AvgIpc) is 3.26. The van der Waals surface area contributed by atoms with Crippen LogP contribution in [0.15, 0.2) is 16.8 Å². The minimum absolute atomic E-state index is 0.0888. The predicted molar refractivity (Wildman–Crippen MR) is 95.2 cm³/mol. The number of urea groups is 1. The van der Waals surface area contributed by atoms with Crippen LogP contribution in [0.5, 0.6) is 0 Å². The van der Waals surface area contributed by atoms with Crippen LogP contribution >= 0.6 is 11.3 Å². The van der Waals surface area contributed by atoms with Crippen LogP contribution in [0.25, 0.3) is 0 Å². The molecule has 6 heteroatoms. The van der Waals surface area contributed by atoms with Crippen LogP contribution < -0.4 is 5.32 Å². The van der Waals surface area contributed by atoms with E-state index in [1.165, 1.54) is 5.56 Å². The van der Waals surface area contributed by atoms with E-state index in [1.54, 1.807) is 11.3 Å². The smallest absolute Gasteiger partial charge is 0.317 e. The van der Waals surface area contributed by atoms with Crippen LogP contribution in [-0.4, -0.2) is 60.8 Å². The van der Waals surface area contributed by atoms with Gasteiger partial charge < -0.3 is 15.0 Å². The molecule has 1 spiro atoms. The topological polar surface area (TPSA) is 44.8 Å². The second kappa shape index (κ2) is 7.02. The molecule has 1 atom stereocenters. The van der Waals surface area contributed by atoms with Crippen molar-refractivity contribution in [1.29, 1.82) is 0 Å². The Labute approximate surface area is 148 Å². The van der Waals surface area contributed by atoms with Crippen LogP contribution in [0, 0.1) is 5.92 Å². The normalized spacial score (nSPS) is 26.5. The summed E-state index contributed by atoms with van der Waals surface area (Å²) in [4.78, 5) is 16.4. The molecular weight excluding hydrogens is 322 g/mol. The molecule has 3 fully saturated rings. The summed E-state index contributed by atoms with van der Waals surface area (Å²) < 4.78 is 6.22. The molecule has 2 amide bonds. The van der Waals surface area contributed by atoms with Gasteiger partial charge in [-0.15, -0.1) is 0 Å². The Bertz CT molecular complexity index is 541. The summed E-state index contributed by atoms with van der Waals surface area (Å²) in [6.07, 6.45) is 4.57. The van der Waals surface area contributed by atoms with E-state index in [0.717, 1.165) is 71.6 Å².